The van der Waals surface area contributed by atoms with Crippen molar-refractivity contribution in [3.8, 4) is 12.5 Å². The maximum absolute atomic E-state index is 7.38. The molecule has 0 aliphatic carbocycles. The Labute approximate surface area is 29.2 Å². The minimum Gasteiger partial charge on any atom is -0.112 e. The quantitative estimate of drug-likeness (QED) is 0.175. The number of hydrogen-bond acceptors (Lipinski definition) is 1. The van der Waals surface area contributed by atoms with E-state index in [1.807, 2.05) is 0 Å². The molecular formula is C2HN3. The van der Waals surface area contributed by atoms with E-state index >= 15 is 0 Å². The normalized spacial score (nSPS) is 3.80. The van der Waals surface area contributed by atoms with Gasteiger partial charge in [-0.25, -0.2) is 0 Å². The van der Waals surface area contributed by atoms with E-state index in [0.717, 1.165) is 0 Å². The zero-order valence-electron chi connectivity index (χ0n) is 2.42. The molecule has 0 aliphatic rings. The maximum Gasteiger partial charge on any atom is 0.0127 e. The maximum atomic E-state index is 7.38. The van der Waals surface area contributed by atoms with E-state index in [0.29, 0.717) is 0 Å². The van der Waals surface area contributed by atoms with Crippen LogP contribution in [-0.2, 0) is 0 Å². The third-order valence-corrected chi connectivity index (χ3v) is 0.102. The van der Waals surface area contributed by atoms with Gasteiger partial charge in [0.1, 0.15) is 0 Å². The molecule has 0 heterocycles. The Morgan fingerprint density at radius 2 is 2.60 bits per heavy atom. The zero-order valence-corrected chi connectivity index (χ0v) is 2.42. The van der Waals surface area contributed by atoms with Crippen molar-refractivity contribution in [2.24, 2.45) is 5.11 Å². The Hall–Kier alpha value is -1.13. The zero-order chi connectivity index (χ0) is 4.12. The van der Waals surface area contributed by atoms with Gasteiger partial charge in [-0.3, -0.25) is 0 Å². The lowest BCUT2D eigenvalue weighted by molar-refractivity contribution is 1.62. The molecule has 0 bridgehead atoms. The molecule has 3 heteroatoms. The molecule has 0 aromatic rings. The summed E-state index contributed by atoms with van der Waals surface area (Å²) < 4.78 is 0. The van der Waals surface area contributed by atoms with E-state index in [-0.39, 0.29) is 0 Å². The molecule has 0 aliphatic heterocycles. The molecule has 0 atom stereocenters. The van der Waals surface area contributed by atoms with Crippen molar-refractivity contribution in [1.82, 2.24) is 0 Å². The Kier molecular flexibility index (Phi) is 2.22. The summed E-state index contributed by atoms with van der Waals surface area (Å²) in [6.45, 7) is 0. The summed E-state index contributed by atoms with van der Waals surface area (Å²) in [5, 5.41) is 2.68. The Morgan fingerprint density at radius 1 is 2.00 bits per heavy atom. The molecule has 0 unspecified atom stereocenters. The molecule has 0 radical (unpaired) electrons. The van der Waals surface area contributed by atoms with Gasteiger partial charge >= 0.3 is 0 Å². The highest BCUT2D eigenvalue weighted by atomic mass is 15.1. The number of rotatable bonds is 0. The first-order chi connectivity index (χ1) is 2.41. The predicted octanol–water partition coefficient (Wildman–Crippen LogP) is 0.887. The Balaban J connectivity index is 3.46. The summed E-state index contributed by atoms with van der Waals surface area (Å²) in [5.74, 6) is 0. The molecule has 0 aromatic heterocycles. The monoisotopic (exact) mass is 67.0 g/mol. The lowest BCUT2D eigenvalue weighted by Crippen LogP contribution is -1.25. The highest BCUT2D eigenvalue weighted by molar-refractivity contribution is 4.79. The van der Waals surface area contributed by atoms with E-state index in [1.165, 1.54) is 0 Å². The van der Waals surface area contributed by atoms with Crippen LogP contribution >= 0.6 is 0 Å². The molecule has 0 amide bonds. The summed E-state index contributed by atoms with van der Waals surface area (Å²) >= 11 is 0. The van der Waals surface area contributed by atoms with Crippen LogP contribution in [0.3, 0.4) is 0 Å². The second-order valence-corrected chi connectivity index (χ2v) is 0.319. The van der Waals surface area contributed by atoms with Crippen molar-refractivity contribution >= 4 is 0 Å². The molecule has 0 rings (SSSR count). The molecule has 0 saturated carbocycles. The van der Waals surface area contributed by atoms with E-state index in [4.69, 9.17) is 5.53 Å². The van der Waals surface area contributed by atoms with Gasteiger partial charge < -0.3 is 0 Å². The van der Waals surface area contributed by atoms with Gasteiger partial charge in [0, 0.05) is 4.91 Å². The van der Waals surface area contributed by atoms with Gasteiger partial charge in [-0.05, 0) is 16.7 Å². The Morgan fingerprint density at radius 3 is 2.60 bits per heavy atom. The molecule has 5 heavy (non-hydrogen) atoms. The van der Waals surface area contributed by atoms with Crippen LogP contribution in [0.4, 0.5) is 0 Å². The SMILES string of the molecule is C#CN=[N+]=[N-]. The van der Waals surface area contributed by atoms with Crippen LogP contribution in [-0.4, -0.2) is 0 Å². The fourth-order valence-electron chi connectivity index (χ4n) is 0.0258. The molecule has 0 saturated heterocycles. The standard InChI is InChI=1S/C2HN3/c1-2-4-5-3/h1H. The molecule has 3 nitrogen and oxygen atoms in total. The van der Waals surface area contributed by atoms with Crippen molar-refractivity contribution in [2.45, 2.75) is 0 Å². The average molecular weight is 67.1 g/mol. The van der Waals surface area contributed by atoms with E-state index in [1.54, 1.807) is 6.04 Å². The van der Waals surface area contributed by atoms with Crippen molar-refractivity contribution in [2.75, 3.05) is 0 Å². The average Bonchev–Trinajstić information content (AvgIpc) is 1.41. The molecule has 0 N–H and O–H groups in total. The van der Waals surface area contributed by atoms with Gasteiger partial charge in [-0.2, -0.15) is 0 Å². The van der Waals surface area contributed by atoms with Crippen molar-refractivity contribution in [1.29, 1.82) is 0 Å². The number of azide groups is 1. The second-order valence-electron chi connectivity index (χ2n) is 0.319. The van der Waals surface area contributed by atoms with Crippen LogP contribution in [0, 0.1) is 12.5 Å². The summed E-state index contributed by atoms with van der Waals surface area (Å²) in [7, 11) is 0. The number of terminal acetylenes is 1. The van der Waals surface area contributed by atoms with E-state index < -0.39 is 0 Å². The first-order valence-electron chi connectivity index (χ1n) is 0.912. The van der Waals surface area contributed by atoms with Gasteiger partial charge in [0.25, 0.3) is 0 Å². The van der Waals surface area contributed by atoms with Crippen LogP contribution in [0.5, 0.6) is 0 Å². The summed E-state index contributed by atoms with van der Waals surface area (Å²) in [6, 6.07) is 1.73. The Bertz CT molecular complexity index is 92.0. The van der Waals surface area contributed by atoms with Gasteiger partial charge in [0.05, 0.1) is 0 Å². The minimum atomic E-state index is 1.73. The van der Waals surface area contributed by atoms with E-state index in [9.17, 15) is 0 Å². The molecule has 0 aromatic carbocycles. The molecule has 24 valence electrons. The lowest BCUT2D eigenvalue weighted by atomic mass is 11.2. The third kappa shape index (κ3) is 2.87. The molecule has 0 spiro atoms. The highest BCUT2D eigenvalue weighted by Gasteiger charge is 1.37. The smallest absolute Gasteiger partial charge is 0.0127 e. The van der Waals surface area contributed by atoms with E-state index in [2.05, 4.69) is 16.4 Å². The van der Waals surface area contributed by atoms with Crippen molar-refractivity contribution in [3.05, 3.63) is 10.4 Å². The molecular weight excluding hydrogens is 66.0 g/mol. The fraction of sp³-hybridized carbons (Fsp3) is 0. The van der Waals surface area contributed by atoms with Gasteiger partial charge in [0.2, 0.25) is 0 Å². The summed E-state index contributed by atoms with van der Waals surface area (Å²) in [4.78, 5) is 2.24. The van der Waals surface area contributed by atoms with Crippen LogP contribution in [0.25, 0.3) is 10.4 Å². The van der Waals surface area contributed by atoms with Gasteiger partial charge in [-0.15, -0.1) is 6.42 Å². The summed E-state index contributed by atoms with van der Waals surface area (Å²) in [5.41, 5.74) is 7.38. The number of hydrogen-bond donors (Lipinski definition) is 0. The lowest BCUT2D eigenvalue weighted by Gasteiger charge is -1.39. The molecule has 0 fully saturated rings. The first-order valence-corrected chi connectivity index (χ1v) is 0.912. The van der Waals surface area contributed by atoms with Crippen LogP contribution < -0.4 is 0 Å². The van der Waals surface area contributed by atoms with Gasteiger partial charge in [-0.1, -0.05) is 0 Å². The predicted molar refractivity (Wildman–Crippen MR) is 18.0 cm³/mol. The van der Waals surface area contributed by atoms with Crippen LogP contribution in [0.1, 0.15) is 0 Å². The first kappa shape index (κ1) is 3.87. The van der Waals surface area contributed by atoms with Crippen molar-refractivity contribution in [3.63, 3.8) is 0 Å². The summed E-state index contributed by atoms with van der Waals surface area (Å²) in [6.07, 6.45) is 4.47. The highest BCUT2D eigenvalue weighted by Crippen LogP contribution is 1.54. The topological polar surface area (TPSA) is 48.8 Å². The van der Waals surface area contributed by atoms with Crippen LogP contribution in [0.2, 0.25) is 0 Å². The third-order valence-electron chi connectivity index (χ3n) is 0.102. The second kappa shape index (κ2) is 2.87. The number of nitrogens with zero attached hydrogens (tertiary/aromatic N) is 3. The van der Waals surface area contributed by atoms with Crippen molar-refractivity contribution < 1.29 is 0 Å². The fourth-order valence-corrected chi connectivity index (χ4v) is 0.0258. The van der Waals surface area contributed by atoms with Gasteiger partial charge in [0.15, 0.2) is 0 Å². The largest absolute Gasteiger partial charge is 0.112 e. The minimum absolute atomic E-state index is 1.73. The van der Waals surface area contributed by atoms with Crippen LogP contribution in [0.15, 0.2) is 5.11 Å².